The van der Waals surface area contributed by atoms with E-state index >= 15 is 0 Å². The van der Waals surface area contributed by atoms with Gasteiger partial charge in [0.1, 0.15) is 0 Å². The van der Waals surface area contributed by atoms with Crippen LogP contribution in [0.15, 0.2) is 46.8 Å². The molecule has 0 amide bonds. The lowest BCUT2D eigenvalue weighted by molar-refractivity contribution is 0.249. The number of fused-ring (bicyclic) bond motifs is 1. The molecule has 2 aliphatic heterocycles. The van der Waals surface area contributed by atoms with Crippen LogP contribution in [0, 0.1) is 0 Å². The van der Waals surface area contributed by atoms with Crippen molar-refractivity contribution in [2.45, 2.75) is 25.3 Å². The third-order valence-electron chi connectivity index (χ3n) is 5.26. The fraction of sp³-hybridized carbons (Fsp3) is 0.450. The molecule has 0 aliphatic carbocycles. The van der Waals surface area contributed by atoms with E-state index in [9.17, 15) is 0 Å². The molecule has 2 aliphatic rings. The van der Waals surface area contributed by atoms with Crippen molar-refractivity contribution >= 4 is 47.0 Å². The van der Waals surface area contributed by atoms with Gasteiger partial charge >= 0.3 is 0 Å². The summed E-state index contributed by atoms with van der Waals surface area (Å²) in [6, 6.07) is 13.5. The SMILES string of the molecule is CN=C(NCC(c1cccs1)N1CCCC1)N1CCc2ccccc21.I. The number of likely N-dealkylation sites (tertiary alicyclic amines) is 1. The first-order valence-corrected chi connectivity index (χ1v) is 10.1. The maximum atomic E-state index is 4.57. The predicted octanol–water partition coefficient (Wildman–Crippen LogP) is 4.14. The topological polar surface area (TPSA) is 30.9 Å². The zero-order valence-corrected chi connectivity index (χ0v) is 18.4. The summed E-state index contributed by atoms with van der Waals surface area (Å²) in [5, 5.41) is 5.84. The van der Waals surface area contributed by atoms with Gasteiger partial charge in [-0.15, -0.1) is 35.3 Å². The Labute approximate surface area is 177 Å². The Kier molecular flexibility index (Phi) is 6.94. The molecule has 26 heavy (non-hydrogen) atoms. The van der Waals surface area contributed by atoms with Crippen LogP contribution in [0.1, 0.15) is 29.3 Å². The van der Waals surface area contributed by atoms with Crippen molar-refractivity contribution in [3.63, 3.8) is 0 Å². The second kappa shape index (κ2) is 9.19. The fourth-order valence-corrected chi connectivity index (χ4v) is 4.85. The molecule has 0 radical (unpaired) electrons. The Morgan fingerprint density at radius 1 is 1.15 bits per heavy atom. The van der Waals surface area contributed by atoms with Gasteiger partial charge in [-0.05, 0) is 55.4 Å². The molecule has 1 saturated heterocycles. The first kappa shape index (κ1) is 19.6. The van der Waals surface area contributed by atoms with Crippen LogP contribution in [-0.2, 0) is 6.42 Å². The third kappa shape index (κ3) is 4.07. The number of para-hydroxylation sites is 1. The van der Waals surface area contributed by atoms with E-state index in [2.05, 4.69) is 61.9 Å². The van der Waals surface area contributed by atoms with Crippen LogP contribution in [0.25, 0.3) is 0 Å². The molecule has 1 atom stereocenters. The summed E-state index contributed by atoms with van der Waals surface area (Å²) < 4.78 is 0. The molecule has 3 heterocycles. The van der Waals surface area contributed by atoms with Crippen molar-refractivity contribution in [3.8, 4) is 0 Å². The van der Waals surface area contributed by atoms with Crippen molar-refractivity contribution in [3.05, 3.63) is 52.2 Å². The smallest absolute Gasteiger partial charge is 0.198 e. The molecule has 4 rings (SSSR count). The van der Waals surface area contributed by atoms with Gasteiger partial charge in [0, 0.05) is 30.7 Å². The normalized spacial score (nSPS) is 18.5. The van der Waals surface area contributed by atoms with Gasteiger partial charge in [0.15, 0.2) is 5.96 Å². The lowest BCUT2D eigenvalue weighted by Gasteiger charge is -2.29. The van der Waals surface area contributed by atoms with Crippen LogP contribution in [0.2, 0.25) is 0 Å². The average molecular weight is 482 g/mol. The Morgan fingerprint density at radius 2 is 1.96 bits per heavy atom. The highest BCUT2D eigenvalue weighted by Gasteiger charge is 2.27. The van der Waals surface area contributed by atoms with Crippen molar-refractivity contribution in [2.75, 3.05) is 38.1 Å². The van der Waals surface area contributed by atoms with Crippen molar-refractivity contribution in [2.24, 2.45) is 4.99 Å². The van der Waals surface area contributed by atoms with Gasteiger partial charge in [0.05, 0.1) is 6.04 Å². The van der Waals surface area contributed by atoms with Crippen LogP contribution in [-0.4, -0.2) is 44.1 Å². The first-order valence-electron chi connectivity index (χ1n) is 9.20. The number of halogens is 1. The Balaban J connectivity index is 0.00000196. The van der Waals surface area contributed by atoms with Crippen molar-refractivity contribution < 1.29 is 0 Å². The summed E-state index contributed by atoms with van der Waals surface area (Å²) in [6.45, 7) is 4.32. The number of hydrogen-bond acceptors (Lipinski definition) is 3. The monoisotopic (exact) mass is 482 g/mol. The largest absolute Gasteiger partial charge is 0.354 e. The molecule has 2 aromatic rings. The van der Waals surface area contributed by atoms with E-state index in [1.807, 2.05) is 18.4 Å². The van der Waals surface area contributed by atoms with E-state index in [-0.39, 0.29) is 24.0 Å². The van der Waals surface area contributed by atoms with Gasteiger partial charge in [0.25, 0.3) is 0 Å². The zero-order valence-electron chi connectivity index (χ0n) is 15.2. The summed E-state index contributed by atoms with van der Waals surface area (Å²) in [5.74, 6) is 0.991. The molecule has 1 fully saturated rings. The van der Waals surface area contributed by atoms with Crippen LogP contribution in [0.5, 0.6) is 0 Å². The van der Waals surface area contributed by atoms with Gasteiger partial charge in [0.2, 0.25) is 0 Å². The minimum absolute atomic E-state index is 0. The zero-order chi connectivity index (χ0) is 17.1. The van der Waals surface area contributed by atoms with E-state index in [1.165, 1.54) is 42.1 Å². The maximum absolute atomic E-state index is 4.57. The van der Waals surface area contributed by atoms with Crippen LogP contribution in [0.4, 0.5) is 5.69 Å². The lowest BCUT2D eigenvalue weighted by atomic mass is 10.2. The van der Waals surface area contributed by atoms with Gasteiger partial charge in [-0.1, -0.05) is 24.3 Å². The third-order valence-corrected chi connectivity index (χ3v) is 6.23. The number of thiophene rings is 1. The van der Waals surface area contributed by atoms with E-state index in [1.54, 1.807) is 0 Å². The van der Waals surface area contributed by atoms with E-state index in [4.69, 9.17) is 0 Å². The molecule has 0 spiro atoms. The summed E-state index contributed by atoms with van der Waals surface area (Å²) in [5.41, 5.74) is 2.71. The molecule has 0 bridgehead atoms. The summed E-state index contributed by atoms with van der Waals surface area (Å²) in [6.07, 6.45) is 3.73. The molecule has 6 heteroatoms. The van der Waals surface area contributed by atoms with Gasteiger partial charge in [-0.3, -0.25) is 9.89 Å². The van der Waals surface area contributed by atoms with Gasteiger partial charge < -0.3 is 10.2 Å². The van der Waals surface area contributed by atoms with E-state index < -0.39 is 0 Å². The van der Waals surface area contributed by atoms with E-state index in [0.29, 0.717) is 6.04 Å². The molecular weight excluding hydrogens is 455 g/mol. The molecule has 140 valence electrons. The Bertz CT molecular complexity index is 725. The quantitative estimate of drug-likeness (QED) is 0.404. The number of rotatable bonds is 4. The molecular formula is C20H27IN4S. The summed E-state index contributed by atoms with van der Waals surface area (Å²) in [7, 11) is 1.89. The number of aliphatic imine (C=N–C) groups is 1. The number of nitrogens with zero attached hydrogens (tertiary/aromatic N) is 3. The van der Waals surface area contributed by atoms with Crippen molar-refractivity contribution in [1.82, 2.24) is 10.2 Å². The molecule has 1 unspecified atom stereocenters. The van der Waals surface area contributed by atoms with Crippen LogP contribution in [0.3, 0.4) is 0 Å². The summed E-state index contributed by atoms with van der Waals surface area (Å²) >= 11 is 1.86. The van der Waals surface area contributed by atoms with Crippen LogP contribution < -0.4 is 10.2 Å². The highest BCUT2D eigenvalue weighted by Crippen LogP contribution is 2.29. The second-order valence-electron chi connectivity index (χ2n) is 6.73. The summed E-state index contributed by atoms with van der Waals surface area (Å²) in [4.78, 5) is 11.0. The minimum atomic E-state index is 0. The highest BCUT2D eigenvalue weighted by molar-refractivity contribution is 14.0. The number of benzene rings is 1. The minimum Gasteiger partial charge on any atom is -0.354 e. The fourth-order valence-electron chi connectivity index (χ4n) is 3.99. The molecule has 1 aromatic carbocycles. The van der Waals surface area contributed by atoms with Gasteiger partial charge in [-0.25, -0.2) is 0 Å². The molecule has 1 N–H and O–H groups in total. The average Bonchev–Trinajstić information content (AvgIpc) is 3.40. The number of nitrogens with one attached hydrogen (secondary N) is 1. The van der Waals surface area contributed by atoms with Crippen molar-refractivity contribution in [1.29, 1.82) is 0 Å². The first-order chi connectivity index (χ1) is 12.4. The Morgan fingerprint density at radius 3 is 2.69 bits per heavy atom. The standard InChI is InChI=1S/C20H26N4S.HI/c1-21-20(24-13-10-16-7-2-3-8-17(16)24)22-15-18(19-9-6-14-25-19)23-11-4-5-12-23;/h2-3,6-9,14,18H,4-5,10-13,15H2,1H3,(H,21,22);1H. The number of hydrogen-bond donors (Lipinski definition) is 1. The number of guanidine groups is 1. The lowest BCUT2D eigenvalue weighted by Crippen LogP contribution is -2.44. The predicted molar refractivity (Wildman–Crippen MR) is 122 cm³/mol. The maximum Gasteiger partial charge on any atom is 0.198 e. The molecule has 1 aromatic heterocycles. The molecule has 0 saturated carbocycles. The second-order valence-corrected chi connectivity index (χ2v) is 7.71. The van der Waals surface area contributed by atoms with Crippen LogP contribution >= 0.6 is 35.3 Å². The number of anilines is 1. The van der Waals surface area contributed by atoms with Gasteiger partial charge in [-0.2, -0.15) is 0 Å². The van der Waals surface area contributed by atoms with E-state index in [0.717, 1.165) is 25.5 Å². The molecule has 4 nitrogen and oxygen atoms in total. The highest BCUT2D eigenvalue weighted by atomic mass is 127. The Hall–Kier alpha value is -1.12.